The van der Waals surface area contributed by atoms with Gasteiger partial charge < -0.3 is 23.6 Å². The molecule has 3 heterocycles. The number of rotatable bonds is 9. The van der Waals surface area contributed by atoms with Crippen LogP contribution in [0.15, 0.2) is 47.3 Å². The van der Waals surface area contributed by atoms with Gasteiger partial charge in [0.15, 0.2) is 5.76 Å². The summed E-state index contributed by atoms with van der Waals surface area (Å²) in [4.78, 5) is 4.06. The van der Waals surface area contributed by atoms with Gasteiger partial charge in [0, 0.05) is 13.2 Å². The second-order valence-corrected chi connectivity index (χ2v) is 9.90. The van der Waals surface area contributed by atoms with Crippen LogP contribution in [0.25, 0.3) is 17.3 Å². The summed E-state index contributed by atoms with van der Waals surface area (Å²) in [7, 11) is 0.516. The molecule has 4 rings (SSSR count). The van der Waals surface area contributed by atoms with Gasteiger partial charge in [-0.1, -0.05) is 6.07 Å². The van der Waals surface area contributed by atoms with E-state index >= 15 is 0 Å². The van der Waals surface area contributed by atoms with E-state index in [-0.39, 0.29) is 17.5 Å². The quantitative estimate of drug-likeness (QED) is 0.352. The van der Waals surface area contributed by atoms with E-state index < -0.39 is 21.4 Å². The van der Waals surface area contributed by atoms with Crippen LogP contribution in [0.1, 0.15) is 24.5 Å². The average Bonchev–Trinajstić information content (AvgIpc) is 3.57. The van der Waals surface area contributed by atoms with Crippen LogP contribution in [0.5, 0.6) is 11.5 Å². The molecule has 0 spiro atoms. The normalized spacial score (nSPS) is 13.4. The first kappa shape index (κ1) is 24.3. The van der Waals surface area contributed by atoms with E-state index in [0.717, 1.165) is 0 Å². The second-order valence-electron chi connectivity index (χ2n) is 7.87. The highest BCUT2D eigenvalue weighted by Crippen LogP contribution is 2.38. The molecule has 12 nitrogen and oxygen atoms in total. The van der Waals surface area contributed by atoms with Crippen molar-refractivity contribution in [3.05, 3.63) is 54.3 Å². The van der Waals surface area contributed by atoms with Crippen molar-refractivity contribution >= 4 is 16.0 Å². The number of aryl methyl sites for hydroxylation is 2. The van der Waals surface area contributed by atoms with Crippen molar-refractivity contribution in [2.75, 3.05) is 18.9 Å². The highest BCUT2D eigenvalue weighted by atomic mass is 32.2. The van der Waals surface area contributed by atoms with Crippen LogP contribution in [0.3, 0.4) is 0 Å². The Morgan fingerprint density at radius 2 is 1.80 bits per heavy atom. The molecule has 0 unspecified atom stereocenters. The summed E-state index contributed by atoms with van der Waals surface area (Å²) in [5, 5.41) is 17.7. The predicted molar refractivity (Wildman–Crippen MR) is 127 cm³/mol. The van der Waals surface area contributed by atoms with E-state index in [4.69, 9.17) is 13.9 Å². The molecule has 4 aromatic rings. The lowest BCUT2D eigenvalue weighted by Gasteiger charge is -2.20. The standard InChI is InChI=1S/C22H26N6O6S/c1-13-9-10-18(34-13)21-24-25-22(28(21)19-16(32-4)7-6-8-17(19)33-5)26-35(30,31)14(2)20(29)15-11-27(3)12-23-15/h6-12,14,20,29H,1-5H3,(H,25,26)/t14-,20+/m0/s1. The maximum Gasteiger partial charge on any atom is 0.243 e. The van der Waals surface area contributed by atoms with Crippen molar-refractivity contribution in [1.82, 2.24) is 24.3 Å². The fraction of sp³-hybridized carbons (Fsp3) is 0.318. The topological polar surface area (TPSA) is 147 Å². The van der Waals surface area contributed by atoms with Gasteiger partial charge >= 0.3 is 0 Å². The number of hydrogen-bond acceptors (Lipinski definition) is 9. The minimum absolute atomic E-state index is 0.142. The van der Waals surface area contributed by atoms with Gasteiger partial charge in [0.05, 0.1) is 26.2 Å². The van der Waals surface area contributed by atoms with E-state index in [2.05, 4.69) is 19.9 Å². The minimum Gasteiger partial charge on any atom is -0.494 e. The van der Waals surface area contributed by atoms with E-state index in [1.54, 1.807) is 55.1 Å². The third-order valence-electron chi connectivity index (χ3n) is 5.44. The zero-order valence-corrected chi connectivity index (χ0v) is 20.6. The SMILES string of the molecule is COc1cccc(OC)c1-n1c(NS(=O)(=O)[C@@H](C)[C@@H](O)c2cn(C)cn2)nnc1-c1ccc(C)o1. The molecular formula is C22H26N6O6S. The maximum absolute atomic E-state index is 13.3. The molecule has 35 heavy (non-hydrogen) atoms. The number of aliphatic hydroxyl groups is 1. The smallest absolute Gasteiger partial charge is 0.243 e. The number of para-hydroxylation sites is 1. The van der Waals surface area contributed by atoms with E-state index in [9.17, 15) is 13.5 Å². The number of hydrogen-bond donors (Lipinski definition) is 2. The summed E-state index contributed by atoms with van der Waals surface area (Å²) >= 11 is 0. The Morgan fingerprint density at radius 1 is 1.11 bits per heavy atom. The van der Waals surface area contributed by atoms with Gasteiger partial charge in [0.2, 0.25) is 21.8 Å². The van der Waals surface area contributed by atoms with Crippen LogP contribution in [0.2, 0.25) is 0 Å². The van der Waals surface area contributed by atoms with Crippen LogP contribution in [0.4, 0.5) is 5.95 Å². The zero-order valence-electron chi connectivity index (χ0n) is 19.8. The lowest BCUT2D eigenvalue weighted by atomic mass is 10.2. The largest absolute Gasteiger partial charge is 0.494 e. The third kappa shape index (κ3) is 4.59. The number of anilines is 1. The molecule has 1 aromatic carbocycles. The van der Waals surface area contributed by atoms with Crippen LogP contribution < -0.4 is 14.2 Å². The fourth-order valence-electron chi connectivity index (χ4n) is 3.54. The summed E-state index contributed by atoms with van der Waals surface area (Å²) in [5.41, 5.74) is 0.590. The van der Waals surface area contributed by atoms with Crippen molar-refractivity contribution in [3.8, 4) is 28.8 Å². The number of nitrogens with one attached hydrogen (secondary N) is 1. The third-order valence-corrected chi connectivity index (χ3v) is 7.15. The molecule has 0 aliphatic rings. The molecule has 0 aliphatic heterocycles. The number of methoxy groups -OCH3 is 2. The molecule has 3 aromatic heterocycles. The van der Waals surface area contributed by atoms with Crippen molar-refractivity contribution in [3.63, 3.8) is 0 Å². The van der Waals surface area contributed by atoms with E-state index in [1.165, 1.54) is 32.0 Å². The molecule has 0 radical (unpaired) electrons. The molecule has 2 N–H and O–H groups in total. The Hall–Kier alpha value is -3.84. The molecule has 13 heteroatoms. The zero-order chi connectivity index (χ0) is 25.3. The first-order chi connectivity index (χ1) is 16.7. The number of nitrogens with zero attached hydrogens (tertiary/aromatic N) is 5. The number of ether oxygens (including phenoxy) is 2. The highest BCUT2D eigenvalue weighted by molar-refractivity contribution is 7.93. The van der Waals surface area contributed by atoms with Gasteiger partial charge in [-0.15, -0.1) is 10.2 Å². The molecule has 0 amide bonds. The number of furan rings is 1. The first-order valence-corrected chi connectivity index (χ1v) is 12.1. The van der Waals surface area contributed by atoms with Gasteiger partial charge in [0.25, 0.3) is 0 Å². The van der Waals surface area contributed by atoms with Gasteiger partial charge in [0.1, 0.15) is 34.3 Å². The molecule has 2 atom stereocenters. The number of aromatic nitrogens is 5. The summed E-state index contributed by atoms with van der Waals surface area (Å²) in [6, 6.07) is 8.57. The van der Waals surface area contributed by atoms with Gasteiger partial charge in [-0.25, -0.2) is 13.4 Å². The van der Waals surface area contributed by atoms with Gasteiger partial charge in [-0.2, -0.15) is 0 Å². The van der Waals surface area contributed by atoms with Gasteiger partial charge in [-0.05, 0) is 38.1 Å². The van der Waals surface area contributed by atoms with E-state index in [0.29, 0.717) is 28.7 Å². The lowest BCUT2D eigenvalue weighted by molar-refractivity contribution is 0.172. The van der Waals surface area contributed by atoms with Gasteiger partial charge in [-0.3, -0.25) is 9.29 Å². The number of sulfonamides is 1. The Morgan fingerprint density at radius 3 is 2.34 bits per heavy atom. The molecule has 0 aliphatic carbocycles. The Balaban J connectivity index is 1.83. The molecule has 0 fully saturated rings. The summed E-state index contributed by atoms with van der Waals surface area (Å²) in [6.45, 7) is 3.15. The molecular weight excluding hydrogens is 476 g/mol. The highest BCUT2D eigenvalue weighted by Gasteiger charge is 2.33. The summed E-state index contributed by atoms with van der Waals surface area (Å²) in [6.07, 6.45) is 1.65. The number of benzene rings is 1. The monoisotopic (exact) mass is 502 g/mol. The Kier molecular flexibility index (Phi) is 6.54. The summed E-state index contributed by atoms with van der Waals surface area (Å²) < 4.78 is 48.9. The lowest BCUT2D eigenvalue weighted by Crippen LogP contribution is -2.32. The Bertz CT molecular complexity index is 1420. The van der Waals surface area contributed by atoms with Crippen molar-refractivity contribution in [2.24, 2.45) is 7.05 Å². The van der Waals surface area contributed by atoms with Crippen molar-refractivity contribution < 1.29 is 27.4 Å². The molecule has 0 saturated carbocycles. The molecule has 0 saturated heterocycles. The maximum atomic E-state index is 13.3. The Labute approximate surface area is 202 Å². The molecule has 0 bridgehead atoms. The number of imidazole rings is 1. The fourth-order valence-corrected chi connectivity index (χ4v) is 4.60. The summed E-state index contributed by atoms with van der Waals surface area (Å²) in [5.74, 6) is 1.84. The first-order valence-electron chi connectivity index (χ1n) is 10.6. The van der Waals surface area contributed by atoms with Crippen LogP contribution in [-0.4, -0.2) is 57.3 Å². The molecule has 186 valence electrons. The van der Waals surface area contributed by atoms with Crippen LogP contribution >= 0.6 is 0 Å². The van der Waals surface area contributed by atoms with Crippen LogP contribution in [0, 0.1) is 6.92 Å². The van der Waals surface area contributed by atoms with Crippen LogP contribution in [-0.2, 0) is 17.1 Å². The van der Waals surface area contributed by atoms with Crippen molar-refractivity contribution in [1.29, 1.82) is 0 Å². The van der Waals surface area contributed by atoms with Crippen molar-refractivity contribution in [2.45, 2.75) is 25.2 Å². The van der Waals surface area contributed by atoms with E-state index in [1.807, 2.05) is 0 Å². The minimum atomic E-state index is -4.17. The predicted octanol–water partition coefficient (Wildman–Crippen LogP) is 2.45. The number of aliphatic hydroxyl groups excluding tert-OH is 1. The average molecular weight is 503 g/mol. The second kappa shape index (κ2) is 9.43.